The summed E-state index contributed by atoms with van der Waals surface area (Å²) in [4.78, 5) is 10.6. The Balaban J connectivity index is 4.05. The summed E-state index contributed by atoms with van der Waals surface area (Å²) in [5, 5.41) is 8.70. The van der Waals surface area contributed by atoms with Crippen LogP contribution < -0.4 is 0 Å². The smallest absolute Gasteiger partial charge is 0.306 e. The monoisotopic (exact) mass is 146 g/mol. The molecule has 0 saturated heterocycles. The minimum absolute atomic E-state index is 0.107. The summed E-state index contributed by atoms with van der Waals surface area (Å²) in [5.74, 6) is -1.42. The fourth-order valence-corrected chi connectivity index (χ4v) is 0.908. The highest BCUT2D eigenvalue weighted by atomic mass is 16.4. The number of hydrogen-bond acceptors (Lipinski definition) is 1. The van der Waals surface area contributed by atoms with Crippen molar-refractivity contribution < 1.29 is 12.6 Å². The first-order valence-electron chi connectivity index (χ1n) is 4.59. The first kappa shape index (κ1) is 6.20. The van der Waals surface area contributed by atoms with Crippen LogP contribution in [0.1, 0.15) is 42.2 Å². The molecule has 0 aliphatic carbocycles. The van der Waals surface area contributed by atoms with Crippen LogP contribution in [0.5, 0.6) is 0 Å². The van der Waals surface area contributed by atoms with Crippen LogP contribution in [-0.2, 0) is 4.79 Å². The molecule has 2 heteroatoms. The molecule has 0 aromatic carbocycles. The third-order valence-corrected chi connectivity index (χ3v) is 1.44. The van der Waals surface area contributed by atoms with E-state index >= 15 is 0 Å². The maximum absolute atomic E-state index is 10.6. The summed E-state index contributed by atoms with van der Waals surface area (Å²) < 4.78 is 14.5. The van der Waals surface area contributed by atoms with Crippen LogP contribution in [0.25, 0.3) is 0 Å². The van der Waals surface area contributed by atoms with Gasteiger partial charge in [0.05, 0.1) is 5.92 Å². The molecule has 60 valence electrons. The molecule has 0 aliphatic heterocycles. The predicted octanol–water partition coefficient (Wildman–Crippen LogP) is 2.29. The van der Waals surface area contributed by atoms with E-state index in [1.165, 1.54) is 6.92 Å². The average Bonchev–Trinajstić information content (AvgIpc) is 1.83. The first-order valence-corrected chi connectivity index (χ1v) is 3.59. The lowest BCUT2D eigenvalue weighted by Crippen LogP contribution is -2.12. The molecule has 1 N–H and O–H groups in total. The molecule has 0 rings (SSSR count). The van der Waals surface area contributed by atoms with Gasteiger partial charge < -0.3 is 5.11 Å². The van der Waals surface area contributed by atoms with Crippen molar-refractivity contribution in [1.82, 2.24) is 0 Å². The zero-order valence-corrected chi connectivity index (χ0v) is 6.55. The van der Waals surface area contributed by atoms with Gasteiger partial charge in [-0.1, -0.05) is 26.6 Å². The van der Waals surface area contributed by atoms with Gasteiger partial charge in [-0.15, -0.1) is 0 Å². The van der Waals surface area contributed by atoms with Gasteiger partial charge in [-0.25, -0.2) is 0 Å². The molecule has 0 bridgehead atoms. The van der Waals surface area contributed by atoms with E-state index in [1.54, 1.807) is 0 Å². The second-order valence-corrected chi connectivity index (χ2v) is 2.38. The van der Waals surface area contributed by atoms with Crippen LogP contribution in [0.3, 0.4) is 0 Å². The third kappa shape index (κ3) is 3.49. The van der Waals surface area contributed by atoms with E-state index in [-0.39, 0.29) is 6.42 Å². The number of rotatable bonds is 5. The van der Waals surface area contributed by atoms with Crippen LogP contribution in [0.2, 0.25) is 0 Å². The molecular weight excluding hydrogens is 128 g/mol. The lowest BCUT2D eigenvalue weighted by atomic mass is 9.99. The molecule has 0 heterocycles. The van der Waals surface area contributed by atoms with Crippen LogP contribution >= 0.6 is 0 Å². The SMILES string of the molecule is [2H]C([2H])(C)CC(CCC)C(=O)O. The lowest BCUT2D eigenvalue weighted by molar-refractivity contribution is -0.142. The molecule has 0 saturated carbocycles. The fourth-order valence-electron chi connectivity index (χ4n) is 0.908. The van der Waals surface area contributed by atoms with Gasteiger partial charge in [0.25, 0.3) is 0 Å². The molecule has 10 heavy (non-hydrogen) atoms. The molecule has 0 spiro atoms. The normalized spacial score (nSPS) is 17.4. The van der Waals surface area contributed by atoms with E-state index in [9.17, 15) is 4.79 Å². The van der Waals surface area contributed by atoms with Crippen molar-refractivity contribution in [2.45, 2.75) is 39.5 Å². The highest BCUT2D eigenvalue weighted by Gasteiger charge is 2.13. The Morgan fingerprint density at radius 2 is 2.20 bits per heavy atom. The lowest BCUT2D eigenvalue weighted by Gasteiger charge is -2.07. The second kappa shape index (κ2) is 5.27. The zero-order chi connectivity index (χ0) is 9.78. The average molecular weight is 146 g/mol. The van der Waals surface area contributed by atoms with Crippen molar-refractivity contribution in [3.63, 3.8) is 0 Å². The van der Waals surface area contributed by atoms with Crippen molar-refractivity contribution in [1.29, 1.82) is 0 Å². The van der Waals surface area contributed by atoms with Gasteiger partial charge in [-0.3, -0.25) is 4.79 Å². The van der Waals surface area contributed by atoms with Gasteiger partial charge >= 0.3 is 5.97 Å². The highest BCUT2D eigenvalue weighted by molar-refractivity contribution is 5.69. The summed E-state index contributed by atoms with van der Waals surface area (Å²) in [5.41, 5.74) is 0. The summed E-state index contributed by atoms with van der Waals surface area (Å²) in [6, 6.07) is 0. The van der Waals surface area contributed by atoms with Gasteiger partial charge in [0.1, 0.15) is 0 Å². The Morgan fingerprint density at radius 3 is 2.50 bits per heavy atom. The summed E-state index contributed by atoms with van der Waals surface area (Å²) in [7, 11) is 0. The van der Waals surface area contributed by atoms with Gasteiger partial charge in [0, 0.05) is 2.74 Å². The van der Waals surface area contributed by atoms with E-state index in [4.69, 9.17) is 7.85 Å². The predicted molar refractivity (Wildman–Crippen MR) is 40.9 cm³/mol. The van der Waals surface area contributed by atoms with E-state index in [2.05, 4.69) is 0 Å². The van der Waals surface area contributed by atoms with Crippen LogP contribution in [0.4, 0.5) is 0 Å². The molecule has 0 aromatic rings. The zero-order valence-electron chi connectivity index (χ0n) is 8.55. The van der Waals surface area contributed by atoms with Crippen LogP contribution in [0.15, 0.2) is 0 Å². The standard InChI is InChI=1S/C8H16O2/c1-3-5-7(6-4-2)8(9)10/h7H,3-6H2,1-2H3,(H,9,10)/i3D2. The minimum Gasteiger partial charge on any atom is -0.481 e. The molecule has 1 unspecified atom stereocenters. The summed E-state index contributed by atoms with van der Waals surface area (Å²) in [6.07, 6.45) is 0.0735. The molecule has 0 radical (unpaired) electrons. The quantitative estimate of drug-likeness (QED) is 0.646. The molecule has 1 atom stereocenters. The van der Waals surface area contributed by atoms with E-state index in [1.807, 2.05) is 6.92 Å². The van der Waals surface area contributed by atoms with Crippen molar-refractivity contribution in [2.24, 2.45) is 5.92 Å². The Kier molecular flexibility index (Phi) is 3.27. The Morgan fingerprint density at radius 1 is 1.60 bits per heavy atom. The highest BCUT2D eigenvalue weighted by Crippen LogP contribution is 2.12. The maximum atomic E-state index is 10.6. The molecular formula is C8H16O2. The Hall–Kier alpha value is -0.530. The molecule has 0 fully saturated rings. The largest absolute Gasteiger partial charge is 0.481 e. The maximum Gasteiger partial charge on any atom is 0.306 e. The third-order valence-electron chi connectivity index (χ3n) is 1.44. The first-order chi connectivity index (χ1) is 5.37. The topological polar surface area (TPSA) is 37.3 Å². The van der Waals surface area contributed by atoms with E-state index in [0.29, 0.717) is 6.42 Å². The Labute approximate surface area is 65.1 Å². The van der Waals surface area contributed by atoms with Gasteiger partial charge in [0.2, 0.25) is 0 Å². The van der Waals surface area contributed by atoms with Crippen LogP contribution in [0, 0.1) is 5.92 Å². The fraction of sp³-hybridized carbons (Fsp3) is 0.875. The summed E-state index contributed by atoms with van der Waals surface area (Å²) >= 11 is 0. The van der Waals surface area contributed by atoms with Crippen LogP contribution in [-0.4, -0.2) is 11.1 Å². The van der Waals surface area contributed by atoms with Crippen molar-refractivity contribution in [3.05, 3.63) is 0 Å². The van der Waals surface area contributed by atoms with Gasteiger partial charge in [-0.2, -0.15) is 0 Å². The van der Waals surface area contributed by atoms with Crippen molar-refractivity contribution in [2.75, 3.05) is 0 Å². The number of hydrogen-bond donors (Lipinski definition) is 1. The summed E-state index contributed by atoms with van der Waals surface area (Å²) in [6.45, 7) is 3.32. The molecule has 2 nitrogen and oxygen atoms in total. The molecule has 0 aliphatic rings. The molecule has 0 amide bonds. The minimum atomic E-state index is -1.38. The number of aliphatic carboxylic acids is 1. The number of carboxylic acid groups (broad SMARTS) is 1. The van der Waals surface area contributed by atoms with E-state index < -0.39 is 18.3 Å². The van der Waals surface area contributed by atoms with Gasteiger partial charge in [-0.05, 0) is 12.8 Å². The number of carbonyl (C=O) groups is 1. The Bertz CT molecular complexity index is 152. The van der Waals surface area contributed by atoms with E-state index in [0.717, 1.165) is 6.42 Å². The van der Waals surface area contributed by atoms with Gasteiger partial charge in [0.15, 0.2) is 0 Å². The second-order valence-electron chi connectivity index (χ2n) is 2.38. The number of carboxylic acids is 1. The van der Waals surface area contributed by atoms with Crippen molar-refractivity contribution in [3.8, 4) is 0 Å². The molecule has 0 aromatic heterocycles. The van der Waals surface area contributed by atoms with Crippen molar-refractivity contribution >= 4 is 5.97 Å².